The van der Waals surface area contributed by atoms with Gasteiger partial charge in [0.1, 0.15) is 11.5 Å². The molecule has 0 atom stereocenters. The van der Waals surface area contributed by atoms with Gasteiger partial charge in [-0.3, -0.25) is 0 Å². The van der Waals surface area contributed by atoms with E-state index in [1.165, 1.54) is 12.1 Å². The molecule has 0 unspecified atom stereocenters. The Kier molecular flexibility index (Phi) is 7.62. The summed E-state index contributed by atoms with van der Waals surface area (Å²) in [7, 11) is 3.72. The molecule has 3 nitrogen and oxygen atoms in total. The Labute approximate surface area is 151 Å². The molecular formula is C16H17Cl3FN3. The highest BCUT2D eigenvalue weighted by atomic mass is 35.5. The van der Waals surface area contributed by atoms with Crippen molar-refractivity contribution in [2.24, 2.45) is 4.99 Å². The third kappa shape index (κ3) is 5.90. The number of rotatable bonds is 5. The summed E-state index contributed by atoms with van der Waals surface area (Å²) in [6.07, 6.45) is 1.63. The van der Waals surface area contributed by atoms with Gasteiger partial charge in [-0.1, -0.05) is 35.3 Å². The molecule has 0 aromatic heterocycles. The number of nitrogens with zero attached hydrogens (tertiary/aromatic N) is 2. The maximum atomic E-state index is 13.1. The Morgan fingerprint density at radius 1 is 1.17 bits per heavy atom. The van der Waals surface area contributed by atoms with Crippen LogP contribution in [-0.4, -0.2) is 25.3 Å². The molecule has 0 saturated heterocycles. The van der Waals surface area contributed by atoms with E-state index in [9.17, 15) is 4.39 Å². The summed E-state index contributed by atoms with van der Waals surface area (Å²) in [5.74, 6) is -0.260. The molecule has 7 heteroatoms. The molecular weight excluding hydrogens is 360 g/mol. The van der Waals surface area contributed by atoms with Crippen molar-refractivity contribution >= 4 is 53.3 Å². The first kappa shape index (κ1) is 19.6. The van der Waals surface area contributed by atoms with E-state index >= 15 is 0 Å². The zero-order valence-corrected chi connectivity index (χ0v) is 15.0. The van der Waals surface area contributed by atoms with Crippen LogP contribution in [0.25, 0.3) is 0 Å². The second kappa shape index (κ2) is 8.96. The fourth-order valence-corrected chi connectivity index (χ4v) is 2.40. The molecule has 2 rings (SSSR count). The van der Waals surface area contributed by atoms with Gasteiger partial charge in [0.25, 0.3) is 0 Å². The second-order valence-corrected chi connectivity index (χ2v) is 5.79. The Bertz CT molecular complexity index is 667. The maximum absolute atomic E-state index is 13.1. The highest BCUT2D eigenvalue weighted by Crippen LogP contribution is 2.36. The van der Waals surface area contributed by atoms with Crippen LogP contribution >= 0.6 is 35.6 Å². The van der Waals surface area contributed by atoms with Crippen LogP contribution in [-0.2, 0) is 6.54 Å². The summed E-state index contributed by atoms with van der Waals surface area (Å²) in [5.41, 5.74) is 2.11. The van der Waals surface area contributed by atoms with E-state index in [2.05, 4.69) is 10.3 Å². The molecule has 0 aliphatic heterocycles. The zero-order valence-electron chi connectivity index (χ0n) is 12.7. The van der Waals surface area contributed by atoms with Gasteiger partial charge in [-0.2, -0.15) is 0 Å². The van der Waals surface area contributed by atoms with Crippen molar-refractivity contribution in [1.29, 1.82) is 0 Å². The molecule has 124 valence electrons. The van der Waals surface area contributed by atoms with Crippen molar-refractivity contribution in [2.75, 3.05) is 19.4 Å². The molecule has 2 aromatic rings. The van der Waals surface area contributed by atoms with Crippen molar-refractivity contribution in [3.8, 4) is 0 Å². The van der Waals surface area contributed by atoms with Gasteiger partial charge in [-0.25, -0.2) is 9.38 Å². The van der Waals surface area contributed by atoms with Crippen molar-refractivity contribution in [1.82, 2.24) is 4.90 Å². The zero-order chi connectivity index (χ0) is 16.1. The summed E-state index contributed by atoms with van der Waals surface area (Å²) in [4.78, 5) is 6.03. The van der Waals surface area contributed by atoms with Gasteiger partial charge < -0.3 is 10.2 Å². The van der Waals surface area contributed by atoms with Gasteiger partial charge in [0.2, 0.25) is 0 Å². The minimum Gasteiger partial charge on any atom is -0.381 e. The van der Waals surface area contributed by atoms with Gasteiger partial charge in [0.15, 0.2) is 0 Å². The lowest BCUT2D eigenvalue weighted by atomic mass is 10.2. The van der Waals surface area contributed by atoms with Crippen LogP contribution in [0.5, 0.6) is 0 Å². The monoisotopic (exact) mass is 375 g/mol. The molecule has 0 aliphatic carbocycles. The molecule has 0 spiro atoms. The molecule has 0 aliphatic rings. The lowest BCUT2D eigenvalue weighted by Crippen LogP contribution is -2.07. The third-order valence-corrected chi connectivity index (χ3v) is 3.40. The van der Waals surface area contributed by atoms with E-state index in [4.69, 9.17) is 23.2 Å². The first-order valence-corrected chi connectivity index (χ1v) is 7.39. The highest BCUT2D eigenvalue weighted by Gasteiger charge is 2.07. The van der Waals surface area contributed by atoms with E-state index in [1.54, 1.807) is 29.4 Å². The average Bonchev–Trinajstić information content (AvgIpc) is 2.44. The van der Waals surface area contributed by atoms with Crippen LogP contribution in [0, 0.1) is 5.82 Å². The predicted octanol–water partition coefficient (Wildman–Crippen LogP) is 5.39. The number of aliphatic imine (C=N–C) groups is 1. The van der Waals surface area contributed by atoms with E-state index in [1.807, 2.05) is 20.2 Å². The summed E-state index contributed by atoms with van der Waals surface area (Å²) in [6, 6.07) is 9.89. The SMILES string of the molecule is CN(C)C=Nc1c(Cl)cc(NCc2cccc(F)c2)cc1Cl.Cl. The van der Waals surface area contributed by atoms with Gasteiger partial charge >= 0.3 is 0 Å². The Balaban J connectivity index is 0.00000264. The van der Waals surface area contributed by atoms with Crippen molar-refractivity contribution in [2.45, 2.75) is 6.54 Å². The summed E-state index contributed by atoms with van der Waals surface area (Å²) >= 11 is 12.4. The largest absolute Gasteiger partial charge is 0.381 e. The number of nitrogens with one attached hydrogen (secondary N) is 1. The lowest BCUT2D eigenvalue weighted by molar-refractivity contribution is 0.626. The number of hydrogen-bond donors (Lipinski definition) is 1. The quantitative estimate of drug-likeness (QED) is 0.560. The molecule has 1 N–H and O–H groups in total. The summed E-state index contributed by atoms with van der Waals surface area (Å²) in [5, 5.41) is 4.07. The molecule has 23 heavy (non-hydrogen) atoms. The number of anilines is 1. The average molecular weight is 377 g/mol. The first-order chi connectivity index (χ1) is 10.5. The van der Waals surface area contributed by atoms with Crippen molar-refractivity contribution < 1.29 is 4.39 Å². The van der Waals surface area contributed by atoms with Gasteiger partial charge in [-0.05, 0) is 29.8 Å². The Hall–Kier alpha value is -1.49. The summed E-state index contributed by atoms with van der Waals surface area (Å²) in [6.45, 7) is 0.477. The van der Waals surface area contributed by atoms with Gasteiger partial charge in [-0.15, -0.1) is 12.4 Å². The molecule has 0 heterocycles. The first-order valence-electron chi connectivity index (χ1n) is 6.63. The van der Waals surface area contributed by atoms with Crippen molar-refractivity contribution in [3.05, 3.63) is 57.8 Å². The summed E-state index contributed by atoms with van der Waals surface area (Å²) < 4.78 is 13.1. The van der Waals surface area contributed by atoms with Crippen LogP contribution < -0.4 is 5.32 Å². The maximum Gasteiger partial charge on any atom is 0.123 e. The highest BCUT2D eigenvalue weighted by molar-refractivity contribution is 6.39. The topological polar surface area (TPSA) is 27.6 Å². The fraction of sp³-hybridized carbons (Fsp3) is 0.188. The van der Waals surface area contributed by atoms with E-state index in [-0.39, 0.29) is 18.2 Å². The molecule has 0 bridgehead atoms. The van der Waals surface area contributed by atoms with Crippen LogP contribution in [0.1, 0.15) is 5.56 Å². The fourth-order valence-electron chi connectivity index (χ4n) is 1.82. The smallest absolute Gasteiger partial charge is 0.123 e. The lowest BCUT2D eigenvalue weighted by Gasteiger charge is -2.10. The molecule has 0 fully saturated rings. The van der Waals surface area contributed by atoms with Crippen molar-refractivity contribution in [3.63, 3.8) is 0 Å². The Morgan fingerprint density at radius 2 is 1.83 bits per heavy atom. The van der Waals surface area contributed by atoms with E-state index in [0.717, 1.165) is 11.3 Å². The normalized spacial score (nSPS) is 10.5. The number of hydrogen-bond acceptors (Lipinski definition) is 2. The molecule has 2 aromatic carbocycles. The minimum absolute atomic E-state index is 0. The van der Waals surface area contributed by atoms with Crippen LogP contribution in [0.4, 0.5) is 15.8 Å². The molecule has 0 radical (unpaired) electrons. The number of benzene rings is 2. The van der Waals surface area contributed by atoms with Crippen LogP contribution in [0.15, 0.2) is 41.4 Å². The Morgan fingerprint density at radius 3 is 2.39 bits per heavy atom. The van der Waals surface area contributed by atoms with Gasteiger partial charge in [0.05, 0.1) is 16.4 Å². The predicted molar refractivity (Wildman–Crippen MR) is 99.3 cm³/mol. The molecule has 0 saturated carbocycles. The number of halogens is 4. The minimum atomic E-state index is -0.260. The second-order valence-electron chi connectivity index (χ2n) is 4.98. The molecule has 0 amide bonds. The van der Waals surface area contributed by atoms with Crippen LogP contribution in [0.3, 0.4) is 0 Å². The van der Waals surface area contributed by atoms with Crippen LogP contribution in [0.2, 0.25) is 10.0 Å². The third-order valence-electron chi connectivity index (χ3n) is 2.82. The van der Waals surface area contributed by atoms with Gasteiger partial charge in [0, 0.05) is 26.3 Å². The standard InChI is InChI=1S/C16H16Cl2FN3.ClH/c1-22(2)10-21-16-14(17)7-13(8-15(16)18)20-9-11-4-3-5-12(19)6-11;/h3-8,10,20H,9H2,1-2H3;1H. The van der Waals surface area contributed by atoms with E-state index in [0.29, 0.717) is 22.3 Å². The van der Waals surface area contributed by atoms with E-state index < -0.39 is 0 Å².